The Morgan fingerprint density at radius 2 is 1.57 bits per heavy atom. The van der Waals surface area contributed by atoms with Crippen LogP contribution in [-0.4, -0.2) is 30.0 Å². The van der Waals surface area contributed by atoms with Gasteiger partial charge in [-0.15, -0.1) is 0 Å². The molecule has 180 valence electrons. The Labute approximate surface area is 205 Å². The molecule has 3 aromatic carbocycles. The van der Waals surface area contributed by atoms with Gasteiger partial charge in [0.25, 0.3) is 5.91 Å². The summed E-state index contributed by atoms with van der Waals surface area (Å²) in [4.78, 5) is 28.1. The van der Waals surface area contributed by atoms with Crippen LogP contribution in [0.25, 0.3) is 0 Å². The molecule has 6 nitrogen and oxygen atoms in total. The van der Waals surface area contributed by atoms with E-state index in [1.54, 1.807) is 31.4 Å². The molecular formula is C29H29NO5. The Balaban J connectivity index is 1.70. The molecule has 3 aromatic rings. The number of aliphatic hydroxyl groups excluding tert-OH is 1. The molecule has 0 saturated carbocycles. The molecule has 0 aromatic heterocycles. The lowest BCUT2D eigenvalue weighted by molar-refractivity contribution is -0.118. The average molecular weight is 472 g/mol. The summed E-state index contributed by atoms with van der Waals surface area (Å²) < 4.78 is 11.0. The quantitative estimate of drug-likeness (QED) is 0.441. The van der Waals surface area contributed by atoms with Crippen molar-refractivity contribution in [3.63, 3.8) is 0 Å². The van der Waals surface area contributed by atoms with Gasteiger partial charge in [-0.25, -0.2) is 0 Å². The zero-order valence-corrected chi connectivity index (χ0v) is 20.1. The van der Waals surface area contributed by atoms with Gasteiger partial charge in [-0.2, -0.15) is 0 Å². The maximum Gasteiger partial charge on any atom is 0.294 e. The summed E-state index contributed by atoms with van der Waals surface area (Å²) >= 11 is 0. The number of benzene rings is 3. The summed E-state index contributed by atoms with van der Waals surface area (Å²) in [6.45, 7) is 3.89. The molecule has 6 heteroatoms. The van der Waals surface area contributed by atoms with Gasteiger partial charge in [0, 0.05) is 12.1 Å². The SMILES string of the molecule is COc1ccc(N2C(=O)C(O)=C(C(=O)CCc3ccccc3)C2c2ccc(OC(C)C)cc2)cc1. The number of rotatable bonds is 9. The highest BCUT2D eigenvalue weighted by Crippen LogP contribution is 2.42. The van der Waals surface area contributed by atoms with E-state index >= 15 is 0 Å². The van der Waals surface area contributed by atoms with Crippen molar-refractivity contribution in [2.75, 3.05) is 12.0 Å². The second-order valence-corrected chi connectivity index (χ2v) is 8.68. The summed E-state index contributed by atoms with van der Waals surface area (Å²) in [5.74, 6) is -0.0435. The number of methoxy groups -OCH3 is 1. The van der Waals surface area contributed by atoms with Crippen LogP contribution in [0, 0.1) is 0 Å². The third kappa shape index (κ3) is 5.22. The number of aryl methyl sites for hydroxylation is 1. The topological polar surface area (TPSA) is 76.1 Å². The predicted molar refractivity (Wildman–Crippen MR) is 135 cm³/mol. The van der Waals surface area contributed by atoms with Crippen molar-refractivity contribution < 1.29 is 24.2 Å². The van der Waals surface area contributed by atoms with E-state index in [0.29, 0.717) is 29.2 Å². The van der Waals surface area contributed by atoms with Crippen molar-refractivity contribution >= 4 is 17.4 Å². The normalized spacial score (nSPS) is 15.6. The highest BCUT2D eigenvalue weighted by molar-refractivity contribution is 6.16. The zero-order valence-electron chi connectivity index (χ0n) is 20.1. The smallest absolute Gasteiger partial charge is 0.294 e. The molecule has 1 unspecified atom stereocenters. The fourth-order valence-electron chi connectivity index (χ4n) is 4.25. The standard InChI is InChI=1S/C29H29NO5/c1-19(2)35-24-14-10-21(11-15-24)27-26(25(31)18-9-20-7-5-4-6-8-20)28(32)29(33)30(27)22-12-16-23(34-3)17-13-22/h4-8,10-17,19,27,32H,9,18H2,1-3H3. The first kappa shape index (κ1) is 24.1. The number of anilines is 1. The lowest BCUT2D eigenvalue weighted by Crippen LogP contribution is -2.31. The number of carbonyl (C=O) groups is 2. The first-order valence-electron chi connectivity index (χ1n) is 11.6. The second-order valence-electron chi connectivity index (χ2n) is 8.68. The average Bonchev–Trinajstić information content (AvgIpc) is 3.13. The summed E-state index contributed by atoms with van der Waals surface area (Å²) in [6.07, 6.45) is 0.711. The Morgan fingerprint density at radius 1 is 0.943 bits per heavy atom. The van der Waals surface area contributed by atoms with E-state index in [0.717, 1.165) is 5.56 Å². The molecule has 0 fully saturated rings. The van der Waals surface area contributed by atoms with Crippen molar-refractivity contribution in [2.24, 2.45) is 0 Å². The number of aliphatic hydroxyl groups is 1. The summed E-state index contributed by atoms with van der Waals surface area (Å²) in [6, 6.07) is 23.2. The first-order valence-corrected chi connectivity index (χ1v) is 11.6. The van der Waals surface area contributed by atoms with Crippen LogP contribution >= 0.6 is 0 Å². The van der Waals surface area contributed by atoms with Crippen LogP contribution in [-0.2, 0) is 16.0 Å². The van der Waals surface area contributed by atoms with E-state index in [1.165, 1.54) is 4.90 Å². The maximum atomic E-state index is 13.4. The fourth-order valence-corrected chi connectivity index (χ4v) is 4.25. The van der Waals surface area contributed by atoms with Crippen LogP contribution in [0.15, 0.2) is 90.2 Å². The predicted octanol–water partition coefficient (Wildman–Crippen LogP) is 5.58. The van der Waals surface area contributed by atoms with Crippen molar-refractivity contribution in [3.05, 3.63) is 101 Å². The number of hydrogen-bond acceptors (Lipinski definition) is 5. The number of ether oxygens (including phenoxy) is 2. The highest BCUT2D eigenvalue weighted by Gasteiger charge is 2.44. The van der Waals surface area contributed by atoms with Crippen molar-refractivity contribution in [1.82, 2.24) is 0 Å². The van der Waals surface area contributed by atoms with Gasteiger partial charge in [0.1, 0.15) is 11.5 Å². The van der Waals surface area contributed by atoms with E-state index in [2.05, 4.69) is 0 Å². The fraction of sp³-hybridized carbons (Fsp3) is 0.241. The van der Waals surface area contributed by atoms with Gasteiger partial charge in [0.05, 0.1) is 24.8 Å². The molecular weight excluding hydrogens is 442 g/mol. The molecule has 1 aliphatic heterocycles. The van der Waals surface area contributed by atoms with Crippen LogP contribution < -0.4 is 14.4 Å². The molecule has 1 atom stereocenters. The molecule has 0 bridgehead atoms. The minimum atomic E-state index is -0.757. The van der Waals surface area contributed by atoms with Gasteiger partial charge in [0.2, 0.25) is 0 Å². The zero-order chi connectivity index (χ0) is 24.9. The monoisotopic (exact) mass is 471 g/mol. The number of nitrogens with zero attached hydrogens (tertiary/aromatic N) is 1. The van der Waals surface area contributed by atoms with Gasteiger partial charge < -0.3 is 14.6 Å². The minimum Gasteiger partial charge on any atom is -0.503 e. The molecule has 0 saturated heterocycles. The number of ketones is 1. The van der Waals surface area contributed by atoms with Crippen molar-refractivity contribution in [1.29, 1.82) is 0 Å². The molecule has 1 heterocycles. The third-order valence-electron chi connectivity index (χ3n) is 5.91. The first-order chi connectivity index (χ1) is 16.9. The summed E-state index contributed by atoms with van der Waals surface area (Å²) in [5.41, 5.74) is 2.39. The van der Waals surface area contributed by atoms with Crippen LogP contribution in [0.5, 0.6) is 11.5 Å². The molecule has 4 rings (SSSR count). The largest absolute Gasteiger partial charge is 0.503 e. The molecule has 1 amide bonds. The van der Waals surface area contributed by atoms with Gasteiger partial charge in [0.15, 0.2) is 11.5 Å². The molecule has 0 spiro atoms. The molecule has 35 heavy (non-hydrogen) atoms. The van der Waals surface area contributed by atoms with Crippen LogP contribution in [0.2, 0.25) is 0 Å². The van der Waals surface area contributed by atoms with Crippen LogP contribution in [0.3, 0.4) is 0 Å². The van der Waals surface area contributed by atoms with Crippen molar-refractivity contribution in [2.45, 2.75) is 38.8 Å². The summed E-state index contributed by atoms with van der Waals surface area (Å²) in [5, 5.41) is 10.9. The number of Topliss-reactive ketones (excluding diaryl/α,β-unsaturated/α-hetero) is 1. The van der Waals surface area contributed by atoms with Crippen LogP contribution in [0.4, 0.5) is 5.69 Å². The van der Waals surface area contributed by atoms with E-state index in [9.17, 15) is 14.7 Å². The number of hydrogen-bond donors (Lipinski definition) is 1. The van der Waals surface area contributed by atoms with E-state index < -0.39 is 17.7 Å². The van der Waals surface area contributed by atoms with E-state index in [-0.39, 0.29) is 23.9 Å². The molecule has 0 aliphatic carbocycles. The number of carbonyl (C=O) groups excluding carboxylic acids is 2. The Bertz CT molecular complexity index is 1210. The van der Waals surface area contributed by atoms with Crippen molar-refractivity contribution in [3.8, 4) is 11.5 Å². The summed E-state index contributed by atoms with van der Waals surface area (Å²) in [7, 11) is 1.57. The van der Waals surface area contributed by atoms with Gasteiger partial charge in [-0.3, -0.25) is 14.5 Å². The lowest BCUT2D eigenvalue weighted by atomic mass is 9.93. The Hall–Kier alpha value is -4.06. The Kier molecular flexibility index (Phi) is 7.20. The maximum absolute atomic E-state index is 13.4. The molecule has 1 aliphatic rings. The Morgan fingerprint density at radius 3 is 2.17 bits per heavy atom. The third-order valence-corrected chi connectivity index (χ3v) is 5.91. The van der Waals surface area contributed by atoms with Crippen LogP contribution in [0.1, 0.15) is 37.4 Å². The highest BCUT2D eigenvalue weighted by atomic mass is 16.5. The lowest BCUT2D eigenvalue weighted by Gasteiger charge is -2.27. The van der Waals surface area contributed by atoms with E-state index in [1.807, 2.05) is 68.4 Å². The van der Waals surface area contributed by atoms with Gasteiger partial charge in [-0.1, -0.05) is 42.5 Å². The molecule has 1 N–H and O–H groups in total. The van der Waals surface area contributed by atoms with Gasteiger partial charge in [-0.05, 0) is 67.8 Å². The second kappa shape index (κ2) is 10.5. The van der Waals surface area contributed by atoms with Gasteiger partial charge >= 0.3 is 0 Å². The number of amides is 1. The molecule has 0 radical (unpaired) electrons. The minimum absolute atomic E-state index is 0.0174. The van der Waals surface area contributed by atoms with E-state index in [4.69, 9.17) is 9.47 Å².